The summed E-state index contributed by atoms with van der Waals surface area (Å²) in [5.41, 5.74) is 2.72. The van der Waals surface area contributed by atoms with Gasteiger partial charge in [-0.1, -0.05) is 18.2 Å². The van der Waals surface area contributed by atoms with Crippen LogP contribution in [0.25, 0.3) is 11.0 Å². The van der Waals surface area contributed by atoms with Crippen molar-refractivity contribution in [2.24, 2.45) is 5.10 Å². The Morgan fingerprint density at radius 2 is 2.04 bits per heavy atom. The number of phenols is 1. The molecule has 0 aliphatic heterocycles. The van der Waals surface area contributed by atoms with E-state index in [1.807, 2.05) is 6.07 Å². The van der Waals surface area contributed by atoms with E-state index in [1.165, 1.54) is 12.1 Å². The fourth-order valence-corrected chi connectivity index (χ4v) is 2.07. The third-order valence-electron chi connectivity index (χ3n) is 3.24. The van der Waals surface area contributed by atoms with Gasteiger partial charge in [0.2, 0.25) is 0 Å². The molecule has 1 heterocycles. The molecule has 2 N–H and O–H groups in total. The molecule has 24 heavy (non-hydrogen) atoms. The number of nitro groups is 1. The lowest BCUT2D eigenvalue weighted by Crippen LogP contribution is -2.16. The highest BCUT2D eigenvalue weighted by atomic mass is 16.6. The molecule has 120 valence electrons. The normalized spacial score (nSPS) is 11.0. The Balaban J connectivity index is 1.75. The second kappa shape index (κ2) is 6.21. The molecule has 1 aromatic heterocycles. The average molecular weight is 325 g/mol. The van der Waals surface area contributed by atoms with Crippen LogP contribution in [0.2, 0.25) is 0 Å². The third kappa shape index (κ3) is 3.07. The van der Waals surface area contributed by atoms with Gasteiger partial charge in [0.05, 0.1) is 11.1 Å². The molecule has 2 aromatic carbocycles. The zero-order chi connectivity index (χ0) is 17.1. The van der Waals surface area contributed by atoms with Gasteiger partial charge in [0.1, 0.15) is 11.3 Å². The number of para-hydroxylation sites is 1. The Bertz CT molecular complexity index is 928. The fourth-order valence-electron chi connectivity index (χ4n) is 2.07. The van der Waals surface area contributed by atoms with Crippen LogP contribution in [-0.2, 0) is 0 Å². The first kappa shape index (κ1) is 15.2. The number of hydrazone groups is 1. The minimum absolute atomic E-state index is 0.0802. The van der Waals surface area contributed by atoms with Crippen molar-refractivity contribution in [1.29, 1.82) is 0 Å². The van der Waals surface area contributed by atoms with Crippen LogP contribution in [-0.4, -0.2) is 22.2 Å². The maximum atomic E-state index is 12.0. The molecular weight excluding hydrogens is 314 g/mol. The molecule has 8 nitrogen and oxygen atoms in total. The van der Waals surface area contributed by atoms with Crippen molar-refractivity contribution in [3.63, 3.8) is 0 Å². The van der Waals surface area contributed by atoms with Gasteiger partial charge in [-0.15, -0.1) is 0 Å². The van der Waals surface area contributed by atoms with Crippen molar-refractivity contribution in [1.82, 2.24) is 5.43 Å². The molecule has 0 aliphatic carbocycles. The van der Waals surface area contributed by atoms with Gasteiger partial charge >= 0.3 is 5.91 Å². The van der Waals surface area contributed by atoms with Crippen molar-refractivity contribution in [2.75, 3.05) is 0 Å². The lowest BCUT2D eigenvalue weighted by atomic mass is 10.2. The first-order valence-corrected chi connectivity index (χ1v) is 6.84. The van der Waals surface area contributed by atoms with Gasteiger partial charge in [0, 0.05) is 23.1 Å². The number of furan rings is 1. The molecule has 0 aliphatic rings. The van der Waals surface area contributed by atoms with Crippen LogP contribution in [0.5, 0.6) is 5.75 Å². The van der Waals surface area contributed by atoms with Crippen LogP contribution in [0, 0.1) is 10.1 Å². The number of carbonyl (C=O) groups is 1. The van der Waals surface area contributed by atoms with Crippen molar-refractivity contribution in [3.8, 4) is 5.75 Å². The van der Waals surface area contributed by atoms with Crippen molar-refractivity contribution in [3.05, 3.63) is 70.0 Å². The van der Waals surface area contributed by atoms with Gasteiger partial charge in [-0.25, -0.2) is 5.43 Å². The summed E-state index contributed by atoms with van der Waals surface area (Å²) in [4.78, 5) is 22.1. The first-order valence-electron chi connectivity index (χ1n) is 6.84. The Kier molecular flexibility index (Phi) is 3.94. The quantitative estimate of drug-likeness (QED) is 0.434. The molecule has 1 amide bonds. The minimum atomic E-state index is -0.593. The van der Waals surface area contributed by atoms with Gasteiger partial charge in [-0.2, -0.15) is 5.10 Å². The van der Waals surface area contributed by atoms with Crippen LogP contribution >= 0.6 is 0 Å². The number of rotatable bonds is 4. The van der Waals surface area contributed by atoms with E-state index in [2.05, 4.69) is 10.5 Å². The number of aromatic hydroxyl groups is 1. The zero-order valence-corrected chi connectivity index (χ0v) is 12.2. The van der Waals surface area contributed by atoms with Crippen LogP contribution in [0.3, 0.4) is 0 Å². The number of nitro benzene ring substituents is 1. The van der Waals surface area contributed by atoms with Gasteiger partial charge in [-0.3, -0.25) is 14.9 Å². The van der Waals surface area contributed by atoms with Gasteiger partial charge in [-0.05, 0) is 18.2 Å². The predicted octanol–water partition coefficient (Wildman–Crippen LogP) is 2.81. The Morgan fingerprint density at radius 1 is 1.25 bits per heavy atom. The molecule has 0 fully saturated rings. The minimum Gasteiger partial charge on any atom is -0.507 e. The maximum Gasteiger partial charge on any atom is 0.307 e. The SMILES string of the molecule is O=C(N/N=C/c1cc([N+](=O)[O-])ccc1O)c1cc2ccccc2o1. The van der Waals surface area contributed by atoms with E-state index < -0.39 is 10.8 Å². The van der Waals surface area contributed by atoms with E-state index in [0.717, 1.165) is 17.7 Å². The number of fused-ring (bicyclic) bond motifs is 1. The van der Waals surface area contributed by atoms with E-state index >= 15 is 0 Å². The molecule has 0 saturated carbocycles. The van der Waals surface area contributed by atoms with Crippen LogP contribution in [0.15, 0.2) is 58.0 Å². The summed E-state index contributed by atoms with van der Waals surface area (Å²) >= 11 is 0. The summed E-state index contributed by atoms with van der Waals surface area (Å²) in [6.07, 6.45) is 1.11. The number of nitrogens with one attached hydrogen (secondary N) is 1. The monoisotopic (exact) mass is 325 g/mol. The lowest BCUT2D eigenvalue weighted by Gasteiger charge is -1.99. The number of hydrogen-bond donors (Lipinski definition) is 2. The summed E-state index contributed by atoms with van der Waals surface area (Å²) in [5.74, 6) is -0.689. The Hall–Kier alpha value is -3.68. The standard InChI is InChI=1S/C16H11N3O5/c20-13-6-5-12(19(22)23)7-11(13)9-17-18-16(21)15-8-10-3-1-2-4-14(10)24-15/h1-9,20H,(H,18,21)/b17-9+. The van der Waals surface area contributed by atoms with Gasteiger partial charge < -0.3 is 9.52 Å². The van der Waals surface area contributed by atoms with Crippen LogP contribution in [0.1, 0.15) is 16.1 Å². The number of amides is 1. The van der Waals surface area contributed by atoms with Crippen LogP contribution in [0.4, 0.5) is 5.69 Å². The molecule has 0 spiro atoms. The summed E-state index contributed by atoms with van der Waals surface area (Å²) in [6.45, 7) is 0. The van der Waals surface area contributed by atoms with Gasteiger partial charge in [0.15, 0.2) is 5.76 Å². The topological polar surface area (TPSA) is 118 Å². The highest BCUT2D eigenvalue weighted by molar-refractivity contribution is 5.96. The number of hydrogen-bond acceptors (Lipinski definition) is 6. The van der Waals surface area contributed by atoms with E-state index in [0.29, 0.717) is 5.58 Å². The number of non-ortho nitro benzene ring substituents is 1. The van der Waals surface area contributed by atoms with Gasteiger partial charge in [0.25, 0.3) is 5.69 Å². The molecule has 0 radical (unpaired) electrons. The Labute approximate surface area is 135 Å². The second-order valence-corrected chi connectivity index (χ2v) is 4.85. The van der Waals surface area contributed by atoms with E-state index in [9.17, 15) is 20.0 Å². The first-order chi connectivity index (χ1) is 11.5. The van der Waals surface area contributed by atoms with E-state index in [1.54, 1.807) is 24.3 Å². The summed E-state index contributed by atoms with van der Waals surface area (Å²) in [6, 6.07) is 12.2. The molecule has 0 saturated heterocycles. The highest BCUT2D eigenvalue weighted by Gasteiger charge is 2.12. The number of phenolic OH excluding ortho intramolecular Hbond substituents is 1. The van der Waals surface area contributed by atoms with E-state index in [-0.39, 0.29) is 22.8 Å². The zero-order valence-electron chi connectivity index (χ0n) is 12.2. The largest absolute Gasteiger partial charge is 0.507 e. The number of carbonyl (C=O) groups excluding carboxylic acids is 1. The average Bonchev–Trinajstić information content (AvgIpc) is 3.00. The molecule has 0 bridgehead atoms. The third-order valence-corrected chi connectivity index (χ3v) is 3.24. The molecule has 3 aromatic rings. The second-order valence-electron chi connectivity index (χ2n) is 4.85. The lowest BCUT2D eigenvalue weighted by molar-refractivity contribution is -0.384. The van der Waals surface area contributed by atoms with Crippen molar-refractivity contribution < 1.29 is 19.2 Å². The number of benzene rings is 2. The summed E-state index contributed by atoms with van der Waals surface area (Å²) in [5, 5.41) is 24.8. The fraction of sp³-hybridized carbons (Fsp3) is 0. The predicted molar refractivity (Wildman–Crippen MR) is 86.0 cm³/mol. The molecule has 8 heteroatoms. The molecular formula is C16H11N3O5. The Morgan fingerprint density at radius 3 is 2.79 bits per heavy atom. The smallest absolute Gasteiger partial charge is 0.307 e. The summed E-state index contributed by atoms with van der Waals surface area (Å²) in [7, 11) is 0. The number of nitrogens with zero attached hydrogens (tertiary/aromatic N) is 2. The van der Waals surface area contributed by atoms with Crippen molar-refractivity contribution >= 4 is 28.8 Å². The highest BCUT2D eigenvalue weighted by Crippen LogP contribution is 2.21. The van der Waals surface area contributed by atoms with Crippen LogP contribution < -0.4 is 5.43 Å². The maximum absolute atomic E-state index is 12.0. The van der Waals surface area contributed by atoms with E-state index in [4.69, 9.17) is 4.42 Å². The van der Waals surface area contributed by atoms with Crippen molar-refractivity contribution in [2.45, 2.75) is 0 Å². The molecule has 0 unspecified atom stereocenters. The molecule has 3 rings (SSSR count). The summed E-state index contributed by atoms with van der Waals surface area (Å²) < 4.78 is 5.38. The molecule has 0 atom stereocenters.